The minimum Gasteiger partial charge on any atom is -0.493 e. The standard InChI is InChI=1S/C20H24N4O2/c1-25-17-7-5-14(11-18(17)26-2)20-16(13-23-9-3-4-10-23)24-12-15(21)6-8-19(24)22-20/h5-8,11-12H,3-4,9-10,13,21H2,1-2H3. The fourth-order valence-electron chi connectivity index (χ4n) is 3.63. The maximum atomic E-state index is 6.03. The van der Waals surface area contributed by atoms with Crippen LogP contribution < -0.4 is 15.2 Å². The van der Waals surface area contributed by atoms with Crippen LogP contribution in [0.15, 0.2) is 36.5 Å². The predicted molar refractivity (Wildman–Crippen MR) is 103 cm³/mol. The van der Waals surface area contributed by atoms with Gasteiger partial charge in [-0.25, -0.2) is 4.98 Å². The highest BCUT2D eigenvalue weighted by atomic mass is 16.5. The van der Waals surface area contributed by atoms with Gasteiger partial charge in [0, 0.05) is 24.0 Å². The number of pyridine rings is 1. The second-order valence-electron chi connectivity index (χ2n) is 6.65. The average molecular weight is 352 g/mol. The zero-order valence-electron chi connectivity index (χ0n) is 15.2. The van der Waals surface area contributed by atoms with E-state index < -0.39 is 0 Å². The molecule has 26 heavy (non-hydrogen) atoms. The predicted octanol–water partition coefficient (Wildman–Crippen LogP) is 3.20. The smallest absolute Gasteiger partial charge is 0.161 e. The highest BCUT2D eigenvalue weighted by molar-refractivity contribution is 5.70. The summed E-state index contributed by atoms with van der Waals surface area (Å²) in [7, 11) is 3.29. The molecule has 6 heteroatoms. The molecule has 1 aromatic carbocycles. The Morgan fingerprint density at radius 2 is 1.81 bits per heavy atom. The number of fused-ring (bicyclic) bond motifs is 1. The van der Waals surface area contributed by atoms with Crippen molar-refractivity contribution in [2.24, 2.45) is 0 Å². The van der Waals surface area contributed by atoms with Crippen LogP contribution in [-0.2, 0) is 6.54 Å². The highest BCUT2D eigenvalue weighted by Crippen LogP contribution is 2.34. The Bertz CT molecular complexity index is 929. The third kappa shape index (κ3) is 2.97. The molecule has 1 aliphatic rings. The molecule has 1 aliphatic heterocycles. The highest BCUT2D eigenvalue weighted by Gasteiger charge is 2.20. The maximum Gasteiger partial charge on any atom is 0.161 e. The van der Waals surface area contributed by atoms with Crippen molar-refractivity contribution in [3.8, 4) is 22.8 Å². The molecule has 0 aliphatic carbocycles. The number of nitrogen functional groups attached to an aromatic ring is 1. The van der Waals surface area contributed by atoms with Gasteiger partial charge in [-0.15, -0.1) is 0 Å². The van der Waals surface area contributed by atoms with Crippen LogP contribution in [0.1, 0.15) is 18.5 Å². The number of aromatic nitrogens is 2. The SMILES string of the molecule is COc1ccc(-c2nc3ccc(N)cn3c2CN2CCCC2)cc1OC. The lowest BCUT2D eigenvalue weighted by molar-refractivity contribution is 0.327. The van der Waals surface area contributed by atoms with E-state index >= 15 is 0 Å². The van der Waals surface area contributed by atoms with Crippen molar-refractivity contribution in [2.45, 2.75) is 19.4 Å². The van der Waals surface area contributed by atoms with E-state index in [1.807, 2.05) is 36.5 Å². The summed E-state index contributed by atoms with van der Waals surface area (Å²) in [6, 6.07) is 9.79. The third-order valence-corrected chi connectivity index (χ3v) is 4.97. The number of nitrogens with zero attached hydrogens (tertiary/aromatic N) is 3. The maximum absolute atomic E-state index is 6.03. The van der Waals surface area contributed by atoms with Gasteiger partial charge in [-0.05, 0) is 56.3 Å². The Morgan fingerprint density at radius 3 is 2.54 bits per heavy atom. The van der Waals surface area contributed by atoms with Crippen molar-refractivity contribution in [2.75, 3.05) is 33.0 Å². The quantitative estimate of drug-likeness (QED) is 0.764. The zero-order valence-corrected chi connectivity index (χ0v) is 15.2. The van der Waals surface area contributed by atoms with Gasteiger partial charge in [0.05, 0.1) is 25.6 Å². The number of methoxy groups -OCH3 is 2. The molecule has 0 atom stereocenters. The molecule has 136 valence electrons. The molecule has 3 aromatic rings. The molecule has 1 saturated heterocycles. The zero-order chi connectivity index (χ0) is 18.1. The van der Waals surface area contributed by atoms with Gasteiger partial charge in [0.25, 0.3) is 0 Å². The molecule has 0 bridgehead atoms. The summed E-state index contributed by atoms with van der Waals surface area (Å²) in [4.78, 5) is 7.35. The Labute approximate surface area is 153 Å². The molecule has 0 saturated carbocycles. The van der Waals surface area contributed by atoms with Gasteiger partial charge in [0.15, 0.2) is 11.5 Å². The fraction of sp³-hybridized carbons (Fsp3) is 0.350. The normalized spacial score (nSPS) is 14.8. The Hall–Kier alpha value is -2.73. The molecule has 2 aromatic heterocycles. The van der Waals surface area contributed by atoms with Crippen molar-refractivity contribution >= 4 is 11.3 Å². The minimum absolute atomic E-state index is 0.702. The van der Waals surface area contributed by atoms with Gasteiger partial charge in [0.2, 0.25) is 0 Å². The monoisotopic (exact) mass is 352 g/mol. The van der Waals surface area contributed by atoms with E-state index in [1.165, 1.54) is 12.8 Å². The first-order valence-electron chi connectivity index (χ1n) is 8.91. The van der Waals surface area contributed by atoms with E-state index in [4.69, 9.17) is 20.2 Å². The van der Waals surface area contributed by atoms with Gasteiger partial charge in [-0.1, -0.05) is 0 Å². The number of nitrogens with two attached hydrogens (primary N) is 1. The summed E-state index contributed by atoms with van der Waals surface area (Å²) >= 11 is 0. The molecule has 0 spiro atoms. The number of rotatable bonds is 5. The first kappa shape index (κ1) is 16.7. The van der Waals surface area contributed by atoms with Gasteiger partial charge in [-0.3, -0.25) is 4.90 Å². The molecule has 0 radical (unpaired) electrons. The van der Waals surface area contributed by atoms with E-state index in [0.717, 1.165) is 47.9 Å². The van der Waals surface area contributed by atoms with Crippen molar-refractivity contribution in [3.05, 3.63) is 42.2 Å². The van der Waals surface area contributed by atoms with Crippen LogP contribution in [0.25, 0.3) is 16.9 Å². The Balaban J connectivity index is 1.85. The van der Waals surface area contributed by atoms with E-state index in [-0.39, 0.29) is 0 Å². The molecular weight excluding hydrogens is 328 g/mol. The molecule has 1 fully saturated rings. The number of ether oxygens (including phenoxy) is 2. The van der Waals surface area contributed by atoms with E-state index in [0.29, 0.717) is 11.5 Å². The molecule has 6 nitrogen and oxygen atoms in total. The molecule has 3 heterocycles. The lowest BCUT2D eigenvalue weighted by Gasteiger charge is -2.16. The number of hydrogen-bond donors (Lipinski definition) is 1. The minimum atomic E-state index is 0.702. The van der Waals surface area contributed by atoms with Gasteiger partial charge < -0.3 is 19.6 Å². The van der Waals surface area contributed by atoms with E-state index in [2.05, 4.69) is 9.30 Å². The van der Waals surface area contributed by atoms with Crippen molar-refractivity contribution < 1.29 is 9.47 Å². The lowest BCUT2D eigenvalue weighted by Crippen LogP contribution is -2.20. The number of likely N-dealkylation sites (tertiary alicyclic amines) is 1. The molecule has 2 N–H and O–H groups in total. The van der Waals surface area contributed by atoms with Crippen molar-refractivity contribution in [1.82, 2.24) is 14.3 Å². The van der Waals surface area contributed by atoms with Crippen LogP contribution in [-0.4, -0.2) is 41.6 Å². The number of imidazole rings is 1. The third-order valence-electron chi connectivity index (χ3n) is 4.97. The van der Waals surface area contributed by atoms with Crippen LogP contribution in [0.3, 0.4) is 0 Å². The number of anilines is 1. The van der Waals surface area contributed by atoms with Crippen LogP contribution >= 0.6 is 0 Å². The molecular formula is C20H24N4O2. The summed E-state index contributed by atoms with van der Waals surface area (Å²) in [5, 5.41) is 0. The summed E-state index contributed by atoms with van der Waals surface area (Å²) in [5.41, 5.74) is 10.8. The summed E-state index contributed by atoms with van der Waals surface area (Å²) in [5.74, 6) is 1.42. The van der Waals surface area contributed by atoms with Crippen LogP contribution in [0.5, 0.6) is 11.5 Å². The first-order valence-corrected chi connectivity index (χ1v) is 8.91. The topological polar surface area (TPSA) is 65.0 Å². The molecule has 0 unspecified atom stereocenters. The Morgan fingerprint density at radius 1 is 1.04 bits per heavy atom. The molecule has 4 rings (SSSR count). The fourth-order valence-corrected chi connectivity index (χ4v) is 3.63. The van der Waals surface area contributed by atoms with Gasteiger partial charge in [-0.2, -0.15) is 0 Å². The van der Waals surface area contributed by atoms with E-state index in [1.54, 1.807) is 14.2 Å². The number of benzene rings is 1. The Kier molecular flexibility index (Phi) is 4.42. The second kappa shape index (κ2) is 6.88. The van der Waals surface area contributed by atoms with Crippen molar-refractivity contribution in [1.29, 1.82) is 0 Å². The summed E-state index contributed by atoms with van der Waals surface area (Å²) in [6.45, 7) is 3.11. The van der Waals surface area contributed by atoms with Crippen LogP contribution in [0, 0.1) is 0 Å². The lowest BCUT2D eigenvalue weighted by atomic mass is 10.1. The number of hydrogen-bond acceptors (Lipinski definition) is 5. The largest absolute Gasteiger partial charge is 0.493 e. The van der Waals surface area contributed by atoms with Crippen LogP contribution in [0.4, 0.5) is 5.69 Å². The van der Waals surface area contributed by atoms with Crippen molar-refractivity contribution in [3.63, 3.8) is 0 Å². The van der Waals surface area contributed by atoms with E-state index in [9.17, 15) is 0 Å². The van der Waals surface area contributed by atoms with Crippen LogP contribution in [0.2, 0.25) is 0 Å². The van der Waals surface area contributed by atoms with Gasteiger partial charge >= 0.3 is 0 Å². The molecule has 0 amide bonds. The second-order valence-corrected chi connectivity index (χ2v) is 6.65. The summed E-state index contributed by atoms with van der Waals surface area (Å²) in [6.07, 6.45) is 4.47. The summed E-state index contributed by atoms with van der Waals surface area (Å²) < 4.78 is 12.9. The first-order chi connectivity index (χ1) is 12.7. The average Bonchev–Trinajstić information content (AvgIpc) is 3.30. The van der Waals surface area contributed by atoms with Gasteiger partial charge in [0.1, 0.15) is 5.65 Å².